The number of para-hydroxylation sites is 1. The molecule has 0 fully saturated rings. The largest absolute Gasteiger partial charge is 0.457 e. The molecule has 0 spiro atoms. The minimum Gasteiger partial charge on any atom is -0.457 e. The summed E-state index contributed by atoms with van der Waals surface area (Å²) in [4.78, 5) is 25.0. The number of benzene rings is 3. The highest BCUT2D eigenvalue weighted by molar-refractivity contribution is 6.04. The minimum atomic E-state index is -0.345. The summed E-state index contributed by atoms with van der Waals surface area (Å²) in [5.41, 5.74) is 2.21. The average Bonchev–Trinajstić information content (AvgIpc) is 3.20. The molecule has 0 aliphatic heterocycles. The zero-order chi connectivity index (χ0) is 23.4. The van der Waals surface area contributed by atoms with Crippen molar-refractivity contribution < 1.29 is 9.53 Å². The highest BCUT2D eigenvalue weighted by atomic mass is 16.5. The zero-order valence-corrected chi connectivity index (χ0v) is 19.0. The molecule has 6 heteroatoms. The number of nitrogens with one attached hydrogen (secondary N) is 2. The van der Waals surface area contributed by atoms with E-state index in [1.165, 1.54) is 16.3 Å². The fourth-order valence-electron chi connectivity index (χ4n) is 3.44. The molecule has 6 nitrogen and oxygen atoms in total. The first kappa shape index (κ1) is 22.1. The van der Waals surface area contributed by atoms with Crippen LogP contribution >= 0.6 is 0 Å². The van der Waals surface area contributed by atoms with Crippen LogP contribution in [0.15, 0.2) is 89.7 Å². The van der Waals surface area contributed by atoms with Gasteiger partial charge in [-0.3, -0.25) is 14.7 Å². The average molecular weight is 442 g/mol. The molecule has 4 aromatic rings. The third-order valence-corrected chi connectivity index (χ3v) is 5.83. The van der Waals surface area contributed by atoms with Crippen LogP contribution in [0.2, 0.25) is 0 Å². The van der Waals surface area contributed by atoms with Gasteiger partial charge in [0.15, 0.2) is 0 Å². The third-order valence-electron chi connectivity index (χ3n) is 5.83. The maximum atomic E-state index is 12.8. The Bertz CT molecular complexity index is 1300. The SMILES string of the molecule is CCC(C)(C)c1ccc(Oc2cccc(C(=O)Nc3cc(=O)n(-c4ccccc4)[nH]3)c2)cc1. The lowest BCUT2D eigenvalue weighted by molar-refractivity contribution is 0.102. The molecule has 0 atom stereocenters. The number of hydrogen-bond donors (Lipinski definition) is 2. The second kappa shape index (κ2) is 9.20. The summed E-state index contributed by atoms with van der Waals surface area (Å²) in [6.07, 6.45) is 1.05. The van der Waals surface area contributed by atoms with E-state index >= 15 is 0 Å². The molecule has 33 heavy (non-hydrogen) atoms. The van der Waals surface area contributed by atoms with Crippen molar-refractivity contribution in [2.24, 2.45) is 0 Å². The van der Waals surface area contributed by atoms with E-state index in [-0.39, 0.29) is 16.9 Å². The van der Waals surface area contributed by atoms with Crippen molar-refractivity contribution in [1.29, 1.82) is 0 Å². The smallest absolute Gasteiger partial charge is 0.273 e. The van der Waals surface area contributed by atoms with Crippen LogP contribution in [-0.2, 0) is 5.41 Å². The molecule has 2 N–H and O–H groups in total. The second-order valence-corrected chi connectivity index (χ2v) is 8.52. The van der Waals surface area contributed by atoms with Gasteiger partial charge in [0, 0.05) is 11.6 Å². The van der Waals surface area contributed by atoms with E-state index in [1.54, 1.807) is 36.4 Å². The zero-order valence-electron chi connectivity index (χ0n) is 19.0. The Morgan fingerprint density at radius 3 is 2.36 bits per heavy atom. The Morgan fingerprint density at radius 1 is 0.939 bits per heavy atom. The molecule has 3 aromatic carbocycles. The van der Waals surface area contributed by atoms with Crippen molar-refractivity contribution in [3.05, 3.63) is 106 Å². The number of H-pyrrole nitrogens is 1. The number of aromatic amines is 1. The van der Waals surface area contributed by atoms with Gasteiger partial charge in [-0.15, -0.1) is 0 Å². The van der Waals surface area contributed by atoms with E-state index in [1.807, 2.05) is 30.3 Å². The third kappa shape index (κ3) is 5.06. The molecule has 0 saturated carbocycles. The first-order chi connectivity index (χ1) is 15.9. The molecule has 4 rings (SSSR count). The molecular weight excluding hydrogens is 414 g/mol. The van der Waals surface area contributed by atoms with Crippen LogP contribution in [0.5, 0.6) is 11.5 Å². The van der Waals surface area contributed by atoms with E-state index < -0.39 is 0 Å². The number of rotatable bonds is 7. The van der Waals surface area contributed by atoms with Crippen LogP contribution in [0, 0.1) is 0 Å². The number of carbonyl (C=O) groups is 1. The molecule has 1 amide bonds. The Morgan fingerprint density at radius 2 is 1.67 bits per heavy atom. The molecule has 0 aliphatic rings. The van der Waals surface area contributed by atoms with E-state index in [0.717, 1.165) is 6.42 Å². The lowest BCUT2D eigenvalue weighted by Crippen LogP contribution is -2.14. The number of aromatic nitrogens is 2. The van der Waals surface area contributed by atoms with Gasteiger partial charge in [-0.25, -0.2) is 4.68 Å². The first-order valence-electron chi connectivity index (χ1n) is 10.9. The number of ether oxygens (including phenoxy) is 1. The first-order valence-corrected chi connectivity index (χ1v) is 10.9. The van der Waals surface area contributed by atoms with Gasteiger partial charge in [0.1, 0.15) is 17.3 Å². The Balaban J connectivity index is 1.47. The molecule has 0 unspecified atom stereocenters. The maximum absolute atomic E-state index is 12.8. The van der Waals surface area contributed by atoms with Gasteiger partial charge in [0.05, 0.1) is 5.69 Å². The number of nitrogens with zero attached hydrogens (tertiary/aromatic N) is 1. The van der Waals surface area contributed by atoms with Gasteiger partial charge < -0.3 is 10.1 Å². The molecule has 0 radical (unpaired) electrons. The molecule has 1 heterocycles. The Kier molecular flexibility index (Phi) is 6.18. The quantitative estimate of drug-likeness (QED) is 0.375. The standard InChI is InChI=1S/C27H27N3O3/c1-4-27(2,3)20-13-15-22(16-14-20)33-23-12-8-9-19(17-23)26(32)28-24-18-25(31)30(29-24)21-10-6-5-7-11-21/h5-18,29H,4H2,1-3H3,(H,28,32). The predicted octanol–water partition coefficient (Wildman–Crippen LogP) is 5.90. The number of carbonyl (C=O) groups excluding carboxylic acids is 1. The van der Waals surface area contributed by atoms with Crippen LogP contribution in [0.4, 0.5) is 5.82 Å². The number of anilines is 1. The lowest BCUT2D eigenvalue weighted by atomic mass is 9.82. The van der Waals surface area contributed by atoms with E-state index in [0.29, 0.717) is 28.6 Å². The van der Waals surface area contributed by atoms with Gasteiger partial charge in [-0.1, -0.05) is 57.2 Å². The van der Waals surface area contributed by atoms with Crippen molar-refractivity contribution in [3.63, 3.8) is 0 Å². The predicted molar refractivity (Wildman–Crippen MR) is 131 cm³/mol. The summed E-state index contributed by atoms with van der Waals surface area (Å²) >= 11 is 0. The molecular formula is C27H27N3O3. The van der Waals surface area contributed by atoms with Crippen molar-refractivity contribution in [3.8, 4) is 17.2 Å². The van der Waals surface area contributed by atoms with Crippen LogP contribution in [0.1, 0.15) is 43.1 Å². The van der Waals surface area contributed by atoms with Gasteiger partial charge in [-0.05, 0) is 59.9 Å². The van der Waals surface area contributed by atoms with Gasteiger partial charge in [-0.2, -0.15) is 0 Å². The summed E-state index contributed by atoms with van der Waals surface area (Å²) in [7, 11) is 0. The molecule has 0 aliphatic carbocycles. The summed E-state index contributed by atoms with van der Waals surface area (Å²) in [6.45, 7) is 6.60. The van der Waals surface area contributed by atoms with Crippen LogP contribution in [0.3, 0.4) is 0 Å². The van der Waals surface area contributed by atoms with E-state index in [9.17, 15) is 9.59 Å². The summed E-state index contributed by atoms with van der Waals surface area (Å²) in [5.74, 6) is 1.23. The van der Waals surface area contributed by atoms with Gasteiger partial charge in [0.25, 0.3) is 11.5 Å². The number of hydrogen-bond acceptors (Lipinski definition) is 3. The summed E-state index contributed by atoms with van der Waals surface area (Å²) in [5, 5.41) is 5.66. The van der Waals surface area contributed by atoms with Crippen molar-refractivity contribution >= 4 is 11.7 Å². The van der Waals surface area contributed by atoms with Crippen LogP contribution < -0.4 is 15.6 Å². The Labute approximate surface area is 192 Å². The highest BCUT2D eigenvalue weighted by Gasteiger charge is 2.17. The van der Waals surface area contributed by atoms with Gasteiger partial charge in [0.2, 0.25) is 0 Å². The summed E-state index contributed by atoms with van der Waals surface area (Å²) < 4.78 is 7.33. The van der Waals surface area contributed by atoms with E-state index in [4.69, 9.17) is 4.74 Å². The fourth-order valence-corrected chi connectivity index (χ4v) is 3.44. The van der Waals surface area contributed by atoms with Gasteiger partial charge >= 0.3 is 0 Å². The minimum absolute atomic E-state index is 0.108. The Hall–Kier alpha value is -4.06. The fraction of sp³-hybridized carbons (Fsp3) is 0.185. The summed E-state index contributed by atoms with van der Waals surface area (Å²) in [6, 6.07) is 25.5. The topological polar surface area (TPSA) is 76.1 Å². The maximum Gasteiger partial charge on any atom is 0.273 e. The normalized spacial score (nSPS) is 11.2. The van der Waals surface area contributed by atoms with Crippen molar-refractivity contribution in [2.45, 2.75) is 32.6 Å². The molecule has 1 aromatic heterocycles. The van der Waals surface area contributed by atoms with E-state index in [2.05, 4.69) is 43.3 Å². The molecule has 0 bridgehead atoms. The molecule has 0 saturated heterocycles. The van der Waals surface area contributed by atoms with Crippen LogP contribution in [0.25, 0.3) is 5.69 Å². The lowest BCUT2D eigenvalue weighted by Gasteiger charge is -2.23. The van der Waals surface area contributed by atoms with Crippen molar-refractivity contribution in [2.75, 3.05) is 5.32 Å². The molecule has 168 valence electrons. The van der Waals surface area contributed by atoms with Crippen molar-refractivity contribution in [1.82, 2.24) is 9.78 Å². The second-order valence-electron chi connectivity index (χ2n) is 8.52. The highest BCUT2D eigenvalue weighted by Crippen LogP contribution is 2.29. The monoisotopic (exact) mass is 441 g/mol. The number of amides is 1. The van der Waals surface area contributed by atoms with Crippen LogP contribution in [-0.4, -0.2) is 15.7 Å².